The van der Waals surface area contributed by atoms with E-state index in [2.05, 4.69) is 19.9 Å². The summed E-state index contributed by atoms with van der Waals surface area (Å²) in [6, 6.07) is 2.47. The molecule has 17 heavy (non-hydrogen) atoms. The Kier molecular flexibility index (Phi) is 3.75. The minimum absolute atomic E-state index is 0.348. The Labute approximate surface area is 109 Å². The molecule has 2 fully saturated rings. The van der Waals surface area contributed by atoms with Crippen LogP contribution in [-0.2, 0) is 0 Å². The molecule has 2 unspecified atom stereocenters. The molecule has 1 saturated carbocycles. The van der Waals surface area contributed by atoms with Crippen molar-refractivity contribution in [2.75, 3.05) is 11.5 Å². The number of nitrogens with zero attached hydrogens (tertiary/aromatic N) is 1. The van der Waals surface area contributed by atoms with Crippen LogP contribution in [0.4, 0.5) is 0 Å². The van der Waals surface area contributed by atoms with Crippen molar-refractivity contribution >= 4 is 11.8 Å². The molecule has 2 rings (SSSR count). The largest absolute Gasteiger partial charge is 0.391 e. The third kappa shape index (κ3) is 2.63. The van der Waals surface area contributed by atoms with Gasteiger partial charge in [-0.25, -0.2) is 0 Å². The lowest BCUT2D eigenvalue weighted by Gasteiger charge is -2.43. The summed E-state index contributed by atoms with van der Waals surface area (Å²) in [5.74, 6) is 2.53. The van der Waals surface area contributed by atoms with Gasteiger partial charge in [-0.3, -0.25) is 0 Å². The molecule has 0 radical (unpaired) electrons. The van der Waals surface area contributed by atoms with Gasteiger partial charge in [0.15, 0.2) is 0 Å². The number of thioether (sulfide) groups is 1. The van der Waals surface area contributed by atoms with Crippen molar-refractivity contribution in [2.24, 2.45) is 16.7 Å². The van der Waals surface area contributed by atoms with Crippen LogP contribution in [0.5, 0.6) is 0 Å². The van der Waals surface area contributed by atoms with Gasteiger partial charge in [0.2, 0.25) is 0 Å². The molecule has 96 valence electrons. The van der Waals surface area contributed by atoms with E-state index in [1.165, 1.54) is 0 Å². The minimum atomic E-state index is -0.453. The minimum Gasteiger partial charge on any atom is -0.391 e. The second-order valence-corrected chi connectivity index (χ2v) is 7.65. The topological polar surface area (TPSA) is 44.0 Å². The first-order valence-electron chi connectivity index (χ1n) is 6.66. The van der Waals surface area contributed by atoms with Gasteiger partial charge >= 0.3 is 0 Å². The Morgan fingerprint density at radius 3 is 2.41 bits per heavy atom. The Morgan fingerprint density at radius 1 is 1.29 bits per heavy atom. The maximum atomic E-state index is 10.6. The summed E-state index contributed by atoms with van der Waals surface area (Å²) < 4.78 is 0. The van der Waals surface area contributed by atoms with E-state index in [1.54, 1.807) is 0 Å². The third-order valence-corrected chi connectivity index (χ3v) is 5.88. The lowest BCUT2D eigenvalue weighted by atomic mass is 9.61. The van der Waals surface area contributed by atoms with E-state index >= 15 is 0 Å². The molecular weight excluding hydrogens is 230 g/mol. The first-order valence-corrected chi connectivity index (χ1v) is 7.82. The molecule has 0 bridgehead atoms. The fourth-order valence-corrected chi connectivity index (χ4v) is 4.39. The summed E-state index contributed by atoms with van der Waals surface area (Å²) in [6.45, 7) is 4.54. The normalized spacial score (nSPS) is 32.9. The van der Waals surface area contributed by atoms with Gasteiger partial charge in [-0.15, -0.1) is 0 Å². The summed E-state index contributed by atoms with van der Waals surface area (Å²) in [6.07, 6.45) is 4.56. The predicted octanol–water partition coefficient (Wildman–Crippen LogP) is 3.21. The average Bonchev–Trinajstić information content (AvgIpc) is 2.82. The first kappa shape index (κ1) is 13.2. The van der Waals surface area contributed by atoms with E-state index in [9.17, 15) is 10.4 Å². The molecule has 0 aromatic carbocycles. The van der Waals surface area contributed by atoms with Gasteiger partial charge in [0.1, 0.15) is 0 Å². The number of hydrogen-bond donors (Lipinski definition) is 1. The number of aliphatic hydroxyl groups is 1. The molecule has 1 heterocycles. The summed E-state index contributed by atoms with van der Waals surface area (Å²) in [7, 11) is 0. The van der Waals surface area contributed by atoms with Crippen molar-refractivity contribution < 1.29 is 5.11 Å². The van der Waals surface area contributed by atoms with Crippen molar-refractivity contribution in [3.05, 3.63) is 0 Å². The molecule has 0 spiro atoms. The summed E-state index contributed by atoms with van der Waals surface area (Å²) >= 11 is 1.91. The number of rotatable bonds is 2. The Balaban J connectivity index is 2.07. The highest BCUT2D eigenvalue weighted by molar-refractivity contribution is 7.99. The van der Waals surface area contributed by atoms with E-state index in [-0.39, 0.29) is 0 Å². The van der Waals surface area contributed by atoms with Gasteiger partial charge in [-0.1, -0.05) is 13.8 Å². The maximum Gasteiger partial charge on any atom is 0.0835 e. The van der Waals surface area contributed by atoms with E-state index in [0.29, 0.717) is 11.3 Å². The SMILES string of the molecule is CC1(C)CCC(C#N)(C(O)C2CCSC2)CC1. The molecular formula is C14H23NOS. The van der Waals surface area contributed by atoms with Gasteiger partial charge < -0.3 is 5.11 Å². The van der Waals surface area contributed by atoms with E-state index in [0.717, 1.165) is 43.6 Å². The van der Waals surface area contributed by atoms with Crippen LogP contribution in [0.3, 0.4) is 0 Å². The molecule has 2 aliphatic rings. The molecule has 3 heteroatoms. The molecule has 0 amide bonds. The fraction of sp³-hybridized carbons (Fsp3) is 0.929. The Bertz CT molecular complexity index is 305. The van der Waals surface area contributed by atoms with Crippen molar-refractivity contribution in [2.45, 2.75) is 52.1 Å². The van der Waals surface area contributed by atoms with Gasteiger partial charge in [0.05, 0.1) is 17.6 Å². The van der Waals surface area contributed by atoms with E-state index < -0.39 is 11.5 Å². The van der Waals surface area contributed by atoms with Gasteiger partial charge in [0.25, 0.3) is 0 Å². The van der Waals surface area contributed by atoms with Gasteiger partial charge in [-0.2, -0.15) is 17.0 Å². The second-order valence-electron chi connectivity index (χ2n) is 6.50. The second kappa shape index (κ2) is 4.82. The fourth-order valence-electron chi connectivity index (χ4n) is 3.10. The predicted molar refractivity (Wildman–Crippen MR) is 71.7 cm³/mol. The lowest BCUT2D eigenvalue weighted by molar-refractivity contribution is -0.0191. The van der Waals surface area contributed by atoms with E-state index in [1.807, 2.05) is 11.8 Å². The molecule has 0 aromatic heterocycles. The molecule has 0 aromatic rings. The standard InChI is InChI=1S/C14H23NOS/c1-13(2)4-6-14(10-15,7-5-13)12(16)11-3-8-17-9-11/h11-12,16H,3-9H2,1-2H3. The zero-order valence-corrected chi connectivity index (χ0v) is 11.7. The average molecular weight is 253 g/mol. The Hall–Kier alpha value is -0.200. The molecule has 2 atom stereocenters. The first-order chi connectivity index (χ1) is 7.99. The molecule has 2 nitrogen and oxygen atoms in total. The third-order valence-electron chi connectivity index (χ3n) is 4.70. The molecule has 1 N–H and O–H groups in total. The monoisotopic (exact) mass is 253 g/mol. The highest BCUT2D eigenvalue weighted by Crippen LogP contribution is 2.49. The quantitative estimate of drug-likeness (QED) is 0.822. The number of hydrogen-bond acceptors (Lipinski definition) is 3. The summed E-state index contributed by atoms with van der Waals surface area (Å²) in [5, 5.41) is 20.1. The number of nitriles is 1. The smallest absolute Gasteiger partial charge is 0.0835 e. The van der Waals surface area contributed by atoms with Crippen LogP contribution < -0.4 is 0 Å². The van der Waals surface area contributed by atoms with Crippen LogP contribution in [0.25, 0.3) is 0 Å². The highest BCUT2D eigenvalue weighted by atomic mass is 32.2. The van der Waals surface area contributed by atoms with Crippen LogP contribution in [0.1, 0.15) is 46.0 Å². The highest BCUT2D eigenvalue weighted by Gasteiger charge is 2.46. The molecule has 1 aliphatic carbocycles. The Morgan fingerprint density at radius 2 is 1.94 bits per heavy atom. The number of aliphatic hydroxyl groups excluding tert-OH is 1. The zero-order valence-electron chi connectivity index (χ0n) is 10.9. The van der Waals surface area contributed by atoms with Crippen molar-refractivity contribution in [3.8, 4) is 6.07 Å². The van der Waals surface area contributed by atoms with Crippen molar-refractivity contribution in [3.63, 3.8) is 0 Å². The zero-order chi connectivity index (χ0) is 12.5. The lowest BCUT2D eigenvalue weighted by Crippen LogP contribution is -2.43. The van der Waals surface area contributed by atoms with Crippen LogP contribution in [-0.4, -0.2) is 22.7 Å². The van der Waals surface area contributed by atoms with Gasteiger partial charge in [-0.05, 0) is 54.9 Å². The van der Waals surface area contributed by atoms with Crippen LogP contribution in [0.2, 0.25) is 0 Å². The maximum absolute atomic E-state index is 10.6. The van der Waals surface area contributed by atoms with Gasteiger partial charge in [0, 0.05) is 0 Å². The summed E-state index contributed by atoms with van der Waals surface area (Å²) in [5.41, 5.74) is -0.102. The van der Waals surface area contributed by atoms with Crippen LogP contribution in [0.15, 0.2) is 0 Å². The van der Waals surface area contributed by atoms with Crippen LogP contribution >= 0.6 is 11.8 Å². The van der Waals surface area contributed by atoms with Crippen molar-refractivity contribution in [1.29, 1.82) is 5.26 Å². The van der Waals surface area contributed by atoms with Crippen LogP contribution in [0, 0.1) is 28.1 Å². The summed E-state index contributed by atoms with van der Waals surface area (Å²) in [4.78, 5) is 0. The molecule has 1 aliphatic heterocycles. The van der Waals surface area contributed by atoms with E-state index in [4.69, 9.17) is 0 Å². The molecule has 1 saturated heterocycles. The van der Waals surface area contributed by atoms with Crippen molar-refractivity contribution in [1.82, 2.24) is 0 Å².